The van der Waals surface area contributed by atoms with Crippen molar-refractivity contribution in [3.8, 4) is 22.7 Å². The quantitative estimate of drug-likeness (QED) is 0.749. The summed E-state index contributed by atoms with van der Waals surface area (Å²) >= 11 is 0. The van der Waals surface area contributed by atoms with Gasteiger partial charge in [0, 0.05) is 17.9 Å². The minimum atomic E-state index is -0.236. The van der Waals surface area contributed by atoms with Crippen LogP contribution in [0.15, 0.2) is 54.6 Å². The molecule has 0 radical (unpaired) electrons. The van der Waals surface area contributed by atoms with E-state index in [0.29, 0.717) is 6.61 Å². The molecule has 0 aliphatic carbocycles. The highest BCUT2D eigenvalue weighted by Gasteiger charge is 2.23. The molecule has 2 heterocycles. The first-order chi connectivity index (χ1) is 13.2. The molecule has 1 aliphatic heterocycles. The largest absolute Gasteiger partial charge is 0.497 e. The summed E-state index contributed by atoms with van der Waals surface area (Å²) < 4.78 is 26.6. The average molecular weight is 366 g/mol. The minimum Gasteiger partial charge on any atom is -0.497 e. The molecular formula is C22H23FN2O2. The number of morpholine rings is 1. The van der Waals surface area contributed by atoms with Crippen LogP contribution in [0.1, 0.15) is 17.3 Å². The summed E-state index contributed by atoms with van der Waals surface area (Å²) in [6, 6.07) is 16.9. The zero-order valence-electron chi connectivity index (χ0n) is 15.5. The van der Waals surface area contributed by atoms with Crippen molar-refractivity contribution >= 4 is 0 Å². The first-order valence-corrected chi connectivity index (χ1v) is 9.11. The summed E-state index contributed by atoms with van der Waals surface area (Å²) in [5.41, 5.74) is 5.38. The van der Waals surface area contributed by atoms with Gasteiger partial charge < -0.3 is 19.4 Å². The Kier molecular flexibility index (Phi) is 4.97. The van der Waals surface area contributed by atoms with Gasteiger partial charge in [0.1, 0.15) is 11.6 Å². The fourth-order valence-electron chi connectivity index (χ4n) is 3.64. The molecule has 1 aliphatic rings. The smallest absolute Gasteiger partial charge is 0.123 e. The highest BCUT2D eigenvalue weighted by atomic mass is 19.1. The van der Waals surface area contributed by atoms with Crippen LogP contribution in [-0.4, -0.2) is 31.4 Å². The van der Waals surface area contributed by atoms with Crippen LogP contribution in [0, 0.1) is 12.7 Å². The van der Waals surface area contributed by atoms with Crippen molar-refractivity contribution in [1.29, 1.82) is 0 Å². The molecule has 0 spiro atoms. The number of aromatic nitrogens is 1. The van der Waals surface area contributed by atoms with Crippen LogP contribution in [0.3, 0.4) is 0 Å². The van der Waals surface area contributed by atoms with Crippen LogP contribution >= 0.6 is 0 Å². The van der Waals surface area contributed by atoms with Crippen LogP contribution in [0.4, 0.5) is 4.39 Å². The summed E-state index contributed by atoms with van der Waals surface area (Å²) in [6.45, 7) is 4.34. The number of halogens is 1. The summed E-state index contributed by atoms with van der Waals surface area (Å²) in [5.74, 6) is 0.579. The fraction of sp³-hybridized carbons (Fsp3) is 0.273. The van der Waals surface area contributed by atoms with E-state index >= 15 is 0 Å². The number of hydrogen-bond donors (Lipinski definition) is 1. The summed E-state index contributed by atoms with van der Waals surface area (Å²) in [7, 11) is 1.66. The SMILES string of the molecule is COc1ccc(-n2c(-c3ccc(F)cc3)cc(C3COCCN3)c2C)cc1. The van der Waals surface area contributed by atoms with Gasteiger partial charge in [-0.3, -0.25) is 0 Å². The Bertz CT molecular complexity index is 911. The molecule has 0 bridgehead atoms. The molecule has 140 valence electrons. The Balaban J connectivity index is 1.85. The van der Waals surface area contributed by atoms with Crippen molar-refractivity contribution in [2.45, 2.75) is 13.0 Å². The zero-order chi connectivity index (χ0) is 18.8. The van der Waals surface area contributed by atoms with Gasteiger partial charge in [-0.15, -0.1) is 0 Å². The van der Waals surface area contributed by atoms with E-state index in [1.165, 1.54) is 17.7 Å². The second-order valence-electron chi connectivity index (χ2n) is 6.69. The molecule has 1 unspecified atom stereocenters. The number of rotatable bonds is 4. The lowest BCUT2D eigenvalue weighted by Gasteiger charge is -2.24. The van der Waals surface area contributed by atoms with E-state index in [-0.39, 0.29) is 11.9 Å². The Morgan fingerprint density at radius 1 is 1.11 bits per heavy atom. The molecule has 0 amide bonds. The lowest BCUT2D eigenvalue weighted by atomic mass is 10.1. The van der Waals surface area contributed by atoms with Gasteiger partial charge in [-0.25, -0.2) is 4.39 Å². The molecule has 5 heteroatoms. The van der Waals surface area contributed by atoms with Crippen LogP contribution < -0.4 is 10.1 Å². The van der Waals surface area contributed by atoms with Crippen LogP contribution in [-0.2, 0) is 4.74 Å². The molecule has 2 aromatic carbocycles. The van der Waals surface area contributed by atoms with Gasteiger partial charge in [0.05, 0.1) is 32.1 Å². The third-order valence-corrected chi connectivity index (χ3v) is 5.05. The number of nitrogens with one attached hydrogen (secondary N) is 1. The molecule has 1 saturated heterocycles. The Morgan fingerprint density at radius 2 is 1.85 bits per heavy atom. The fourth-order valence-corrected chi connectivity index (χ4v) is 3.64. The molecule has 1 N–H and O–H groups in total. The Morgan fingerprint density at radius 3 is 2.48 bits per heavy atom. The number of nitrogens with zero attached hydrogens (tertiary/aromatic N) is 1. The second-order valence-corrected chi connectivity index (χ2v) is 6.69. The van der Waals surface area contributed by atoms with Crippen molar-refractivity contribution < 1.29 is 13.9 Å². The normalized spacial score (nSPS) is 17.1. The van der Waals surface area contributed by atoms with Crippen molar-refractivity contribution in [2.24, 2.45) is 0 Å². The summed E-state index contributed by atoms with van der Waals surface area (Å²) in [4.78, 5) is 0. The monoisotopic (exact) mass is 366 g/mol. The van der Waals surface area contributed by atoms with E-state index < -0.39 is 0 Å². The number of methoxy groups -OCH3 is 1. The van der Waals surface area contributed by atoms with Gasteiger partial charge in [0.2, 0.25) is 0 Å². The third kappa shape index (κ3) is 3.48. The lowest BCUT2D eigenvalue weighted by molar-refractivity contribution is 0.0767. The maximum Gasteiger partial charge on any atom is 0.123 e. The lowest BCUT2D eigenvalue weighted by Crippen LogP contribution is -2.34. The Labute approximate surface area is 158 Å². The van der Waals surface area contributed by atoms with Crippen LogP contribution in [0.5, 0.6) is 5.75 Å². The van der Waals surface area contributed by atoms with E-state index in [1.807, 2.05) is 36.4 Å². The maximum atomic E-state index is 13.4. The van der Waals surface area contributed by atoms with Gasteiger partial charge >= 0.3 is 0 Å². The van der Waals surface area contributed by atoms with Gasteiger partial charge in [0.25, 0.3) is 0 Å². The van der Waals surface area contributed by atoms with E-state index in [2.05, 4.69) is 22.9 Å². The third-order valence-electron chi connectivity index (χ3n) is 5.05. The molecule has 1 aromatic heterocycles. The van der Waals surface area contributed by atoms with Crippen molar-refractivity contribution in [3.63, 3.8) is 0 Å². The molecule has 1 fully saturated rings. The molecule has 3 aromatic rings. The minimum absolute atomic E-state index is 0.150. The highest BCUT2D eigenvalue weighted by molar-refractivity contribution is 5.66. The predicted molar refractivity (Wildman–Crippen MR) is 104 cm³/mol. The Hall–Kier alpha value is -2.63. The van der Waals surface area contributed by atoms with E-state index in [1.54, 1.807) is 7.11 Å². The van der Waals surface area contributed by atoms with E-state index in [0.717, 1.165) is 41.5 Å². The number of benzene rings is 2. The van der Waals surface area contributed by atoms with Crippen molar-refractivity contribution in [1.82, 2.24) is 9.88 Å². The first kappa shape index (κ1) is 17.8. The van der Waals surface area contributed by atoms with Gasteiger partial charge in [-0.05, 0) is 72.6 Å². The summed E-state index contributed by atoms with van der Waals surface area (Å²) in [6.07, 6.45) is 0. The average Bonchev–Trinajstić information content (AvgIpc) is 3.06. The standard InChI is InChI=1S/C22H23FN2O2/c1-15-20(21-14-27-12-11-24-21)13-22(16-3-5-17(23)6-4-16)25(15)18-7-9-19(26-2)10-8-18/h3-10,13,21,24H,11-12,14H2,1-2H3. The maximum absolute atomic E-state index is 13.4. The molecule has 4 nitrogen and oxygen atoms in total. The molecular weight excluding hydrogens is 343 g/mol. The second kappa shape index (κ2) is 7.55. The van der Waals surface area contributed by atoms with Crippen molar-refractivity contribution in [2.75, 3.05) is 26.9 Å². The van der Waals surface area contributed by atoms with Gasteiger partial charge in [-0.1, -0.05) is 0 Å². The highest BCUT2D eigenvalue weighted by Crippen LogP contribution is 2.33. The van der Waals surface area contributed by atoms with Gasteiger partial charge in [0.15, 0.2) is 0 Å². The number of ether oxygens (including phenoxy) is 2. The number of hydrogen-bond acceptors (Lipinski definition) is 3. The molecule has 0 saturated carbocycles. The van der Waals surface area contributed by atoms with Crippen LogP contribution in [0.2, 0.25) is 0 Å². The zero-order valence-corrected chi connectivity index (χ0v) is 15.5. The van der Waals surface area contributed by atoms with Crippen LogP contribution in [0.25, 0.3) is 16.9 Å². The molecule has 27 heavy (non-hydrogen) atoms. The van der Waals surface area contributed by atoms with E-state index in [9.17, 15) is 4.39 Å². The predicted octanol–water partition coefficient (Wildman–Crippen LogP) is 4.26. The van der Waals surface area contributed by atoms with Gasteiger partial charge in [-0.2, -0.15) is 0 Å². The summed E-state index contributed by atoms with van der Waals surface area (Å²) in [5, 5.41) is 3.53. The van der Waals surface area contributed by atoms with E-state index in [4.69, 9.17) is 9.47 Å². The molecule has 1 atom stereocenters. The topological polar surface area (TPSA) is 35.4 Å². The van der Waals surface area contributed by atoms with Crippen molar-refractivity contribution in [3.05, 3.63) is 71.7 Å². The molecule has 4 rings (SSSR count). The first-order valence-electron chi connectivity index (χ1n) is 9.11.